The van der Waals surface area contributed by atoms with Gasteiger partial charge in [0.05, 0.1) is 24.9 Å². The number of amides is 3. The molecule has 0 aliphatic carbocycles. The Labute approximate surface area is 163 Å². The summed E-state index contributed by atoms with van der Waals surface area (Å²) in [5.74, 6) is -0.366. The molecule has 3 N–H and O–H groups in total. The van der Waals surface area contributed by atoms with Gasteiger partial charge >= 0.3 is 0 Å². The lowest BCUT2D eigenvalue weighted by Crippen LogP contribution is -2.37. The monoisotopic (exact) mass is 381 g/mol. The van der Waals surface area contributed by atoms with Crippen LogP contribution in [0.25, 0.3) is 6.08 Å². The molecule has 2 rings (SSSR count). The second kappa shape index (κ2) is 10.5. The van der Waals surface area contributed by atoms with E-state index in [2.05, 4.69) is 16.0 Å². The SMILES string of the molecule is CCNC(=O)CNC(=O)c1ccccc1NC(=O)/C=C/c1ccc(OC)cc1. The summed E-state index contributed by atoms with van der Waals surface area (Å²) >= 11 is 0. The lowest BCUT2D eigenvalue weighted by Gasteiger charge is -2.10. The van der Waals surface area contributed by atoms with E-state index in [4.69, 9.17) is 4.74 Å². The van der Waals surface area contributed by atoms with Crippen molar-refractivity contribution in [3.05, 3.63) is 65.7 Å². The number of hydrogen-bond acceptors (Lipinski definition) is 4. The molecule has 0 unspecified atom stereocenters. The highest BCUT2D eigenvalue weighted by molar-refractivity contribution is 6.08. The van der Waals surface area contributed by atoms with Crippen LogP contribution < -0.4 is 20.7 Å². The molecule has 0 saturated heterocycles. The van der Waals surface area contributed by atoms with Crippen molar-refractivity contribution in [1.82, 2.24) is 10.6 Å². The van der Waals surface area contributed by atoms with E-state index in [9.17, 15) is 14.4 Å². The molecular formula is C21H23N3O4. The van der Waals surface area contributed by atoms with E-state index in [0.29, 0.717) is 12.2 Å². The van der Waals surface area contributed by atoms with Crippen molar-refractivity contribution >= 4 is 29.5 Å². The van der Waals surface area contributed by atoms with E-state index in [1.807, 2.05) is 12.1 Å². The standard InChI is InChI=1S/C21H23N3O4/c1-3-22-20(26)14-23-21(27)17-6-4-5-7-18(17)24-19(25)13-10-15-8-11-16(28-2)12-9-15/h4-13H,3,14H2,1-2H3,(H,22,26)(H,23,27)(H,24,25)/b13-10+. The van der Waals surface area contributed by atoms with E-state index in [1.54, 1.807) is 56.5 Å². The quantitative estimate of drug-likeness (QED) is 0.611. The van der Waals surface area contributed by atoms with E-state index in [-0.39, 0.29) is 23.9 Å². The van der Waals surface area contributed by atoms with Crippen LogP contribution in [0.5, 0.6) is 5.75 Å². The van der Waals surface area contributed by atoms with Crippen LogP contribution in [0, 0.1) is 0 Å². The van der Waals surface area contributed by atoms with E-state index in [1.165, 1.54) is 6.08 Å². The second-order valence-electron chi connectivity index (χ2n) is 5.78. The zero-order chi connectivity index (χ0) is 20.4. The minimum Gasteiger partial charge on any atom is -0.497 e. The first-order valence-electron chi connectivity index (χ1n) is 8.80. The molecule has 146 valence electrons. The number of nitrogens with one attached hydrogen (secondary N) is 3. The van der Waals surface area contributed by atoms with Crippen LogP contribution in [0.3, 0.4) is 0 Å². The lowest BCUT2D eigenvalue weighted by molar-refractivity contribution is -0.120. The van der Waals surface area contributed by atoms with Gasteiger partial charge in [0.25, 0.3) is 5.91 Å². The van der Waals surface area contributed by atoms with Crippen LogP contribution in [-0.4, -0.2) is 37.9 Å². The fraction of sp³-hybridized carbons (Fsp3) is 0.190. The molecule has 0 saturated carbocycles. The number of carbonyl (C=O) groups is 3. The van der Waals surface area contributed by atoms with Crippen LogP contribution in [0.15, 0.2) is 54.6 Å². The van der Waals surface area contributed by atoms with E-state index < -0.39 is 5.91 Å². The van der Waals surface area contributed by atoms with Crippen molar-refractivity contribution in [2.24, 2.45) is 0 Å². The molecule has 0 atom stereocenters. The molecular weight excluding hydrogens is 358 g/mol. The number of likely N-dealkylation sites (N-methyl/N-ethyl adjacent to an activating group) is 1. The van der Waals surface area contributed by atoms with Gasteiger partial charge in [-0.2, -0.15) is 0 Å². The number of para-hydroxylation sites is 1. The number of ether oxygens (including phenoxy) is 1. The largest absolute Gasteiger partial charge is 0.497 e. The second-order valence-corrected chi connectivity index (χ2v) is 5.78. The maximum atomic E-state index is 12.3. The zero-order valence-electron chi connectivity index (χ0n) is 15.8. The van der Waals surface area contributed by atoms with Crippen molar-refractivity contribution < 1.29 is 19.1 Å². The Morgan fingerprint density at radius 2 is 1.71 bits per heavy atom. The van der Waals surface area contributed by atoms with E-state index in [0.717, 1.165) is 11.3 Å². The van der Waals surface area contributed by atoms with Gasteiger partial charge in [-0.1, -0.05) is 24.3 Å². The number of hydrogen-bond donors (Lipinski definition) is 3. The van der Waals surface area contributed by atoms with E-state index >= 15 is 0 Å². The summed E-state index contributed by atoms with van der Waals surface area (Å²) in [7, 11) is 1.59. The third-order valence-electron chi connectivity index (χ3n) is 3.76. The molecule has 0 spiro atoms. The first-order chi connectivity index (χ1) is 13.5. The van der Waals surface area contributed by atoms with Crippen molar-refractivity contribution in [3.8, 4) is 5.75 Å². The molecule has 0 aromatic heterocycles. The Morgan fingerprint density at radius 3 is 2.39 bits per heavy atom. The number of rotatable bonds is 8. The Hall–Kier alpha value is -3.61. The van der Waals surface area contributed by atoms with Gasteiger partial charge in [0.15, 0.2) is 0 Å². The maximum absolute atomic E-state index is 12.3. The van der Waals surface area contributed by atoms with Gasteiger partial charge in [-0.05, 0) is 42.8 Å². The lowest BCUT2D eigenvalue weighted by atomic mass is 10.1. The highest BCUT2D eigenvalue weighted by atomic mass is 16.5. The fourth-order valence-electron chi connectivity index (χ4n) is 2.37. The maximum Gasteiger partial charge on any atom is 0.253 e. The first kappa shape index (κ1) is 20.7. The van der Waals surface area contributed by atoms with Crippen molar-refractivity contribution in [3.63, 3.8) is 0 Å². The average molecular weight is 381 g/mol. The van der Waals surface area contributed by atoms with Crippen LogP contribution in [0.2, 0.25) is 0 Å². The third-order valence-corrected chi connectivity index (χ3v) is 3.76. The van der Waals surface area contributed by atoms with Crippen LogP contribution >= 0.6 is 0 Å². The molecule has 0 aliphatic heterocycles. The van der Waals surface area contributed by atoms with Crippen LogP contribution in [0.4, 0.5) is 5.69 Å². The zero-order valence-corrected chi connectivity index (χ0v) is 15.8. The predicted octanol–water partition coefficient (Wildman–Crippen LogP) is 2.21. The minimum absolute atomic E-state index is 0.133. The molecule has 0 radical (unpaired) electrons. The van der Waals surface area contributed by atoms with Crippen LogP contribution in [0.1, 0.15) is 22.8 Å². The smallest absolute Gasteiger partial charge is 0.253 e. The summed E-state index contributed by atoms with van der Waals surface area (Å²) in [6.07, 6.45) is 3.04. The molecule has 7 heteroatoms. The molecule has 7 nitrogen and oxygen atoms in total. The summed E-state index contributed by atoms with van der Waals surface area (Å²) in [4.78, 5) is 36.0. The number of carbonyl (C=O) groups excluding carboxylic acids is 3. The van der Waals surface area contributed by atoms with Crippen LogP contribution in [-0.2, 0) is 9.59 Å². The van der Waals surface area contributed by atoms with Gasteiger partial charge < -0.3 is 20.7 Å². The molecule has 28 heavy (non-hydrogen) atoms. The third kappa shape index (κ3) is 6.28. The first-order valence-corrected chi connectivity index (χ1v) is 8.80. The van der Waals surface area contributed by atoms with Crippen molar-refractivity contribution in [2.75, 3.05) is 25.5 Å². The van der Waals surface area contributed by atoms with Gasteiger partial charge in [0, 0.05) is 12.6 Å². The molecule has 0 fully saturated rings. The average Bonchev–Trinajstić information content (AvgIpc) is 2.71. The summed E-state index contributed by atoms with van der Waals surface area (Å²) in [6.45, 7) is 2.15. The molecule has 3 amide bonds. The number of benzene rings is 2. The highest BCUT2D eigenvalue weighted by Gasteiger charge is 2.13. The summed E-state index contributed by atoms with van der Waals surface area (Å²) in [6, 6.07) is 13.8. The van der Waals surface area contributed by atoms with Gasteiger partial charge in [0.1, 0.15) is 5.75 Å². The Balaban J connectivity index is 2.01. The number of methoxy groups -OCH3 is 1. The topological polar surface area (TPSA) is 96.5 Å². The van der Waals surface area contributed by atoms with Crippen molar-refractivity contribution in [1.29, 1.82) is 0 Å². The summed E-state index contributed by atoms with van der Waals surface area (Å²) < 4.78 is 5.09. The number of anilines is 1. The summed E-state index contributed by atoms with van der Waals surface area (Å²) in [5.41, 5.74) is 1.47. The highest BCUT2D eigenvalue weighted by Crippen LogP contribution is 2.16. The van der Waals surface area contributed by atoms with Gasteiger partial charge in [-0.15, -0.1) is 0 Å². The summed E-state index contributed by atoms with van der Waals surface area (Å²) in [5, 5.41) is 7.82. The fourth-order valence-corrected chi connectivity index (χ4v) is 2.37. The van der Waals surface area contributed by atoms with Gasteiger partial charge in [-0.3, -0.25) is 14.4 Å². The molecule has 2 aromatic carbocycles. The minimum atomic E-state index is -0.443. The Morgan fingerprint density at radius 1 is 1.00 bits per heavy atom. The van der Waals surface area contributed by atoms with Gasteiger partial charge in [0.2, 0.25) is 11.8 Å². The molecule has 0 bridgehead atoms. The van der Waals surface area contributed by atoms with Gasteiger partial charge in [-0.25, -0.2) is 0 Å². The Bertz CT molecular complexity index is 860. The molecule has 0 heterocycles. The van der Waals surface area contributed by atoms with Crippen molar-refractivity contribution in [2.45, 2.75) is 6.92 Å². The predicted molar refractivity (Wildman–Crippen MR) is 108 cm³/mol. The normalized spacial score (nSPS) is 10.4. The molecule has 0 aliphatic rings. The molecule has 2 aromatic rings. The Kier molecular flexibility index (Phi) is 7.77.